The minimum absolute atomic E-state index is 0.140. The molecule has 0 amide bonds. The number of benzene rings is 2. The predicted molar refractivity (Wildman–Crippen MR) is 104 cm³/mol. The SMILES string of the molecule is COc1cc(-c2cc(F)cc(Cl)c2)c(F)cc1-n1c2c(ccc1=O)CNCC2. The summed E-state index contributed by atoms with van der Waals surface area (Å²) in [6.45, 7) is 1.36. The summed E-state index contributed by atoms with van der Waals surface area (Å²) in [5.74, 6) is -0.854. The molecule has 2 aromatic carbocycles. The monoisotopic (exact) mass is 402 g/mol. The van der Waals surface area contributed by atoms with Crippen LogP contribution in [0.2, 0.25) is 5.02 Å². The van der Waals surface area contributed by atoms with E-state index in [4.69, 9.17) is 16.3 Å². The summed E-state index contributed by atoms with van der Waals surface area (Å²) in [4.78, 5) is 12.6. The minimum atomic E-state index is -0.601. The third-order valence-corrected chi connectivity index (χ3v) is 5.04. The lowest BCUT2D eigenvalue weighted by atomic mass is 10.0. The number of rotatable bonds is 3. The highest BCUT2D eigenvalue weighted by molar-refractivity contribution is 6.30. The lowest BCUT2D eigenvalue weighted by Gasteiger charge is -2.23. The van der Waals surface area contributed by atoms with Crippen molar-refractivity contribution in [2.24, 2.45) is 0 Å². The van der Waals surface area contributed by atoms with Gasteiger partial charge in [0.2, 0.25) is 0 Å². The molecule has 3 aromatic rings. The first kappa shape index (κ1) is 18.7. The molecule has 28 heavy (non-hydrogen) atoms. The number of hydrogen-bond donors (Lipinski definition) is 1. The van der Waals surface area contributed by atoms with E-state index in [1.807, 2.05) is 0 Å². The molecule has 1 aliphatic rings. The second kappa shape index (κ2) is 7.37. The number of aromatic nitrogens is 1. The molecule has 4 nitrogen and oxygen atoms in total. The Morgan fingerprint density at radius 3 is 2.71 bits per heavy atom. The molecule has 144 valence electrons. The van der Waals surface area contributed by atoms with Crippen LogP contribution in [0.25, 0.3) is 16.8 Å². The van der Waals surface area contributed by atoms with Crippen LogP contribution in [0.5, 0.6) is 5.75 Å². The van der Waals surface area contributed by atoms with Gasteiger partial charge in [-0.3, -0.25) is 9.36 Å². The lowest BCUT2D eigenvalue weighted by Crippen LogP contribution is -2.31. The Balaban J connectivity index is 1.94. The standard InChI is InChI=1S/C21H17ClF2N2O2/c1-28-20-9-16(13-6-14(22)8-15(23)7-13)17(24)10-19(20)26-18-4-5-25-11-12(18)2-3-21(26)27/h2-3,6-10,25H,4-5,11H2,1H3. The summed E-state index contributed by atoms with van der Waals surface area (Å²) in [6, 6.07) is 9.78. The van der Waals surface area contributed by atoms with E-state index in [1.165, 1.54) is 42.0 Å². The fourth-order valence-corrected chi connectivity index (χ4v) is 3.78. The molecule has 1 aliphatic heterocycles. The molecule has 0 spiro atoms. The van der Waals surface area contributed by atoms with Gasteiger partial charge in [-0.05, 0) is 35.4 Å². The van der Waals surface area contributed by atoms with Crippen molar-refractivity contribution in [1.29, 1.82) is 0 Å². The van der Waals surface area contributed by atoms with Crippen LogP contribution in [0.1, 0.15) is 11.3 Å². The lowest BCUT2D eigenvalue weighted by molar-refractivity contribution is 0.411. The van der Waals surface area contributed by atoms with Gasteiger partial charge in [0.05, 0.1) is 12.8 Å². The molecular formula is C21H17ClF2N2O2. The van der Waals surface area contributed by atoms with E-state index < -0.39 is 11.6 Å². The average molecular weight is 403 g/mol. The zero-order valence-electron chi connectivity index (χ0n) is 15.1. The first-order chi connectivity index (χ1) is 13.5. The van der Waals surface area contributed by atoms with Crippen LogP contribution in [0.15, 0.2) is 47.3 Å². The minimum Gasteiger partial charge on any atom is -0.495 e. The third kappa shape index (κ3) is 3.30. The molecule has 0 radical (unpaired) electrons. The van der Waals surface area contributed by atoms with Gasteiger partial charge in [-0.1, -0.05) is 17.7 Å². The highest BCUT2D eigenvalue weighted by Gasteiger charge is 2.20. The van der Waals surface area contributed by atoms with Crippen molar-refractivity contribution in [2.75, 3.05) is 13.7 Å². The van der Waals surface area contributed by atoms with Crippen molar-refractivity contribution in [1.82, 2.24) is 9.88 Å². The van der Waals surface area contributed by atoms with E-state index >= 15 is 4.39 Å². The van der Waals surface area contributed by atoms with Gasteiger partial charge in [-0.15, -0.1) is 0 Å². The van der Waals surface area contributed by atoms with E-state index in [0.29, 0.717) is 30.0 Å². The second-order valence-corrected chi connectivity index (χ2v) is 7.00. The van der Waals surface area contributed by atoms with E-state index in [1.54, 1.807) is 6.07 Å². The van der Waals surface area contributed by atoms with E-state index in [9.17, 15) is 9.18 Å². The summed E-state index contributed by atoms with van der Waals surface area (Å²) in [6.07, 6.45) is 0.636. The van der Waals surface area contributed by atoms with E-state index in [-0.39, 0.29) is 16.1 Å². The molecule has 1 aromatic heterocycles. The van der Waals surface area contributed by atoms with Crippen molar-refractivity contribution in [3.8, 4) is 22.6 Å². The van der Waals surface area contributed by atoms with Crippen molar-refractivity contribution in [3.05, 3.63) is 80.7 Å². The molecule has 0 saturated carbocycles. The Morgan fingerprint density at radius 2 is 1.96 bits per heavy atom. The molecule has 2 heterocycles. The number of fused-ring (bicyclic) bond motifs is 1. The fraction of sp³-hybridized carbons (Fsp3) is 0.190. The molecule has 7 heteroatoms. The smallest absolute Gasteiger partial charge is 0.255 e. The van der Waals surface area contributed by atoms with Crippen molar-refractivity contribution in [2.45, 2.75) is 13.0 Å². The van der Waals surface area contributed by atoms with Gasteiger partial charge in [-0.25, -0.2) is 8.78 Å². The molecule has 0 fully saturated rings. The predicted octanol–water partition coefficient (Wildman–Crippen LogP) is 4.09. The van der Waals surface area contributed by atoms with Gasteiger partial charge in [0.25, 0.3) is 5.56 Å². The Bertz CT molecular complexity index is 1110. The molecule has 0 atom stereocenters. The van der Waals surface area contributed by atoms with Crippen LogP contribution >= 0.6 is 11.6 Å². The largest absolute Gasteiger partial charge is 0.495 e. The number of methoxy groups -OCH3 is 1. The highest BCUT2D eigenvalue weighted by Crippen LogP contribution is 2.34. The van der Waals surface area contributed by atoms with Gasteiger partial charge in [0.15, 0.2) is 0 Å². The van der Waals surface area contributed by atoms with E-state index in [0.717, 1.165) is 23.9 Å². The number of halogens is 3. The summed E-state index contributed by atoms with van der Waals surface area (Å²) in [5.41, 5.74) is 2.29. The van der Waals surface area contributed by atoms with Crippen LogP contribution < -0.4 is 15.6 Å². The zero-order valence-corrected chi connectivity index (χ0v) is 15.8. The normalized spacial score (nSPS) is 13.3. The molecular weight excluding hydrogens is 386 g/mol. The van der Waals surface area contributed by atoms with E-state index in [2.05, 4.69) is 5.32 Å². The molecule has 0 aliphatic carbocycles. The Morgan fingerprint density at radius 1 is 1.14 bits per heavy atom. The zero-order chi connectivity index (χ0) is 19.8. The summed E-state index contributed by atoms with van der Waals surface area (Å²) in [7, 11) is 1.45. The van der Waals surface area contributed by atoms with Crippen LogP contribution in [0.4, 0.5) is 8.78 Å². The molecule has 1 N–H and O–H groups in total. The summed E-state index contributed by atoms with van der Waals surface area (Å²) in [5, 5.41) is 3.42. The van der Waals surface area contributed by atoms with Gasteiger partial charge >= 0.3 is 0 Å². The Kier molecular flexibility index (Phi) is 4.91. The number of pyridine rings is 1. The number of ether oxygens (including phenoxy) is 1. The van der Waals surface area contributed by atoms with Crippen LogP contribution in [0, 0.1) is 11.6 Å². The molecule has 0 bridgehead atoms. The third-order valence-electron chi connectivity index (χ3n) is 4.83. The van der Waals surface area contributed by atoms with Crippen LogP contribution in [-0.4, -0.2) is 18.2 Å². The first-order valence-electron chi connectivity index (χ1n) is 8.77. The maximum Gasteiger partial charge on any atom is 0.255 e. The maximum absolute atomic E-state index is 15.0. The summed E-state index contributed by atoms with van der Waals surface area (Å²) < 4.78 is 35.7. The van der Waals surface area contributed by atoms with Crippen molar-refractivity contribution < 1.29 is 13.5 Å². The highest BCUT2D eigenvalue weighted by atomic mass is 35.5. The number of nitrogens with one attached hydrogen (secondary N) is 1. The first-order valence-corrected chi connectivity index (χ1v) is 9.14. The quantitative estimate of drug-likeness (QED) is 0.717. The average Bonchev–Trinajstić information content (AvgIpc) is 2.67. The molecule has 0 unspecified atom stereocenters. The van der Waals surface area contributed by atoms with Gasteiger partial charge in [-0.2, -0.15) is 0 Å². The fourth-order valence-electron chi connectivity index (χ4n) is 3.56. The van der Waals surface area contributed by atoms with Gasteiger partial charge in [0, 0.05) is 47.9 Å². The van der Waals surface area contributed by atoms with Crippen molar-refractivity contribution in [3.63, 3.8) is 0 Å². The van der Waals surface area contributed by atoms with Gasteiger partial charge in [0.1, 0.15) is 17.4 Å². The van der Waals surface area contributed by atoms with Crippen LogP contribution in [0.3, 0.4) is 0 Å². The maximum atomic E-state index is 15.0. The molecule has 0 saturated heterocycles. The Labute approximate surface area is 165 Å². The Hall–Kier alpha value is -2.70. The van der Waals surface area contributed by atoms with Crippen molar-refractivity contribution >= 4 is 11.6 Å². The summed E-state index contributed by atoms with van der Waals surface area (Å²) >= 11 is 5.91. The number of hydrogen-bond acceptors (Lipinski definition) is 3. The second-order valence-electron chi connectivity index (χ2n) is 6.57. The topological polar surface area (TPSA) is 43.3 Å². The molecule has 4 rings (SSSR count). The van der Waals surface area contributed by atoms with Crippen LogP contribution in [-0.2, 0) is 13.0 Å². The number of nitrogens with zero attached hydrogens (tertiary/aromatic N) is 1. The van der Waals surface area contributed by atoms with Gasteiger partial charge < -0.3 is 10.1 Å².